The third-order valence-corrected chi connectivity index (χ3v) is 6.15. The molecule has 3 aliphatic rings. The molecule has 1 atom stereocenters. The van der Waals surface area contributed by atoms with E-state index < -0.39 is 5.54 Å². The summed E-state index contributed by atoms with van der Waals surface area (Å²) in [6, 6.07) is 15.8. The second-order valence-corrected chi connectivity index (χ2v) is 8.09. The number of amides is 2. The quantitative estimate of drug-likeness (QED) is 0.806. The van der Waals surface area contributed by atoms with Gasteiger partial charge < -0.3 is 14.4 Å². The molecule has 6 heteroatoms. The summed E-state index contributed by atoms with van der Waals surface area (Å²) in [5.41, 5.74) is 2.40. The van der Waals surface area contributed by atoms with Gasteiger partial charge in [0.25, 0.3) is 5.91 Å². The molecule has 3 aliphatic heterocycles. The summed E-state index contributed by atoms with van der Waals surface area (Å²) in [6.45, 7) is 2.52. The lowest BCUT2D eigenvalue weighted by Gasteiger charge is -2.44. The lowest BCUT2D eigenvalue weighted by Crippen LogP contribution is -2.63. The minimum absolute atomic E-state index is 0.00445. The van der Waals surface area contributed by atoms with Crippen molar-refractivity contribution in [2.45, 2.75) is 24.8 Å². The third-order valence-electron chi connectivity index (χ3n) is 6.15. The van der Waals surface area contributed by atoms with Crippen LogP contribution in [0.3, 0.4) is 0 Å². The number of fused-ring (bicyclic) bond motifs is 2. The predicted octanol–water partition coefficient (Wildman–Crippen LogP) is 2.90. The lowest BCUT2D eigenvalue weighted by molar-refractivity contribution is 0.0375. The fourth-order valence-electron chi connectivity index (χ4n) is 4.69. The molecular formula is C23H24N2O4. The van der Waals surface area contributed by atoms with E-state index >= 15 is 0 Å². The zero-order chi connectivity index (χ0) is 19.8. The maximum absolute atomic E-state index is 13.3. The van der Waals surface area contributed by atoms with Crippen molar-refractivity contribution < 1.29 is 19.1 Å². The SMILES string of the molecule is O=C(c1ccc2c(c1)CCCO2)N1CCN2C(=O)OCC2(Cc2ccccc2)C1. The van der Waals surface area contributed by atoms with Crippen molar-refractivity contribution in [2.75, 3.05) is 32.8 Å². The number of cyclic esters (lactones) is 1. The van der Waals surface area contributed by atoms with Crippen LogP contribution >= 0.6 is 0 Å². The topological polar surface area (TPSA) is 59.1 Å². The van der Waals surface area contributed by atoms with Gasteiger partial charge in [-0.05, 0) is 42.2 Å². The molecule has 2 fully saturated rings. The molecule has 2 amide bonds. The second kappa shape index (κ2) is 7.10. The molecule has 0 radical (unpaired) electrons. The highest BCUT2D eigenvalue weighted by atomic mass is 16.6. The van der Waals surface area contributed by atoms with Gasteiger partial charge in [0.05, 0.1) is 6.61 Å². The summed E-state index contributed by atoms with van der Waals surface area (Å²) in [7, 11) is 0. The molecule has 0 aromatic heterocycles. The van der Waals surface area contributed by atoms with Crippen molar-refractivity contribution in [3.63, 3.8) is 0 Å². The third kappa shape index (κ3) is 3.22. The molecule has 3 heterocycles. The average molecular weight is 392 g/mol. The minimum Gasteiger partial charge on any atom is -0.493 e. The first-order valence-corrected chi connectivity index (χ1v) is 10.2. The van der Waals surface area contributed by atoms with Crippen LogP contribution in [0.5, 0.6) is 5.75 Å². The van der Waals surface area contributed by atoms with E-state index in [-0.39, 0.29) is 12.0 Å². The van der Waals surface area contributed by atoms with Crippen LogP contribution in [0, 0.1) is 0 Å². The summed E-state index contributed by atoms with van der Waals surface area (Å²) in [5.74, 6) is 0.887. The van der Waals surface area contributed by atoms with E-state index in [2.05, 4.69) is 12.1 Å². The molecule has 2 aromatic rings. The molecule has 29 heavy (non-hydrogen) atoms. The van der Waals surface area contributed by atoms with Crippen LogP contribution in [0.1, 0.15) is 27.9 Å². The van der Waals surface area contributed by atoms with E-state index in [4.69, 9.17) is 9.47 Å². The second-order valence-electron chi connectivity index (χ2n) is 8.09. The highest BCUT2D eigenvalue weighted by Gasteiger charge is 2.51. The Labute approximate surface area is 170 Å². The Bertz CT molecular complexity index is 945. The lowest BCUT2D eigenvalue weighted by atomic mass is 9.88. The van der Waals surface area contributed by atoms with Gasteiger partial charge in [-0.25, -0.2) is 4.79 Å². The fraction of sp³-hybridized carbons (Fsp3) is 0.391. The maximum Gasteiger partial charge on any atom is 0.410 e. The number of benzene rings is 2. The summed E-state index contributed by atoms with van der Waals surface area (Å²) >= 11 is 0. The molecule has 150 valence electrons. The Morgan fingerprint density at radius 3 is 2.79 bits per heavy atom. The molecule has 5 rings (SSSR count). The Kier molecular flexibility index (Phi) is 4.42. The summed E-state index contributed by atoms with van der Waals surface area (Å²) in [6.07, 6.45) is 2.30. The van der Waals surface area contributed by atoms with Crippen molar-refractivity contribution in [3.05, 3.63) is 65.2 Å². The maximum atomic E-state index is 13.3. The molecular weight excluding hydrogens is 368 g/mol. The van der Waals surface area contributed by atoms with Gasteiger partial charge >= 0.3 is 6.09 Å². The summed E-state index contributed by atoms with van der Waals surface area (Å²) in [4.78, 5) is 29.3. The number of hydrogen-bond acceptors (Lipinski definition) is 4. The smallest absolute Gasteiger partial charge is 0.410 e. The van der Waals surface area contributed by atoms with Crippen LogP contribution in [0.4, 0.5) is 4.79 Å². The molecule has 2 saturated heterocycles. The van der Waals surface area contributed by atoms with E-state index in [1.54, 1.807) is 0 Å². The molecule has 0 N–H and O–H groups in total. The number of hydrogen-bond donors (Lipinski definition) is 0. The zero-order valence-electron chi connectivity index (χ0n) is 16.3. The highest BCUT2D eigenvalue weighted by Crippen LogP contribution is 2.33. The van der Waals surface area contributed by atoms with Crippen LogP contribution in [-0.4, -0.2) is 60.2 Å². The van der Waals surface area contributed by atoms with Gasteiger partial charge in [-0.15, -0.1) is 0 Å². The van der Waals surface area contributed by atoms with Crippen molar-refractivity contribution >= 4 is 12.0 Å². The van der Waals surface area contributed by atoms with Crippen molar-refractivity contribution in [1.82, 2.24) is 9.80 Å². The first kappa shape index (κ1) is 18.0. The van der Waals surface area contributed by atoms with Crippen LogP contribution in [0.2, 0.25) is 0 Å². The van der Waals surface area contributed by atoms with Gasteiger partial charge in [-0.2, -0.15) is 0 Å². The normalized spacial score (nSPS) is 23.1. The fourth-order valence-corrected chi connectivity index (χ4v) is 4.69. The van der Waals surface area contributed by atoms with Gasteiger partial charge in [0.15, 0.2) is 0 Å². The summed E-state index contributed by atoms with van der Waals surface area (Å²) < 4.78 is 11.1. The average Bonchev–Trinajstić information content (AvgIpc) is 3.09. The van der Waals surface area contributed by atoms with E-state index in [0.29, 0.717) is 38.2 Å². The molecule has 2 aromatic carbocycles. The van der Waals surface area contributed by atoms with Gasteiger partial charge in [-0.1, -0.05) is 30.3 Å². The van der Waals surface area contributed by atoms with Gasteiger partial charge in [0, 0.05) is 31.6 Å². The van der Waals surface area contributed by atoms with Crippen LogP contribution in [-0.2, 0) is 17.6 Å². The van der Waals surface area contributed by atoms with E-state index in [9.17, 15) is 9.59 Å². The number of rotatable bonds is 3. The Morgan fingerprint density at radius 2 is 1.93 bits per heavy atom. The van der Waals surface area contributed by atoms with Gasteiger partial charge in [-0.3, -0.25) is 9.69 Å². The predicted molar refractivity (Wildman–Crippen MR) is 107 cm³/mol. The first-order chi connectivity index (χ1) is 14.1. The Morgan fingerprint density at radius 1 is 1.07 bits per heavy atom. The van der Waals surface area contributed by atoms with Crippen LogP contribution in [0.25, 0.3) is 0 Å². The number of nitrogens with zero attached hydrogens (tertiary/aromatic N) is 2. The molecule has 0 aliphatic carbocycles. The Hall–Kier alpha value is -3.02. The largest absolute Gasteiger partial charge is 0.493 e. The Balaban J connectivity index is 1.40. The zero-order valence-corrected chi connectivity index (χ0v) is 16.3. The molecule has 0 saturated carbocycles. The first-order valence-electron chi connectivity index (χ1n) is 10.2. The highest BCUT2D eigenvalue weighted by molar-refractivity contribution is 5.95. The monoisotopic (exact) mass is 392 g/mol. The minimum atomic E-state index is -0.510. The van der Waals surface area contributed by atoms with E-state index in [1.165, 1.54) is 0 Å². The number of carbonyl (C=O) groups excluding carboxylic acids is 2. The van der Waals surface area contributed by atoms with Crippen molar-refractivity contribution in [2.24, 2.45) is 0 Å². The van der Waals surface area contributed by atoms with E-state index in [1.807, 2.05) is 46.2 Å². The number of ether oxygens (including phenoxy) is 2. The molecule has 0 bridgehead atoms. The standard InChI is InChI=1S/C23H24N2O4/c26-21(19-8-9-20-18(13-19)7-4-12-28-20)24-10-11-25-22(27)29-16-23(25,15-24)14-17-5-2-1-3-6-17/h1-3,5-6,8-9,13H,4,7,10-12,14-16H2. The molecule has 6 nitrogen and oxygen atoms in total. The molecule has 0 spiro atoms. The summed E-state index contributed by atoms with van der Waals surface area (Å²) in [5, 5.41) is 0. The van der Waals surface area contributed by atoms with Crippen molar-refractivity contribution in [3.8, 4) is 5.75 Å². The van der Waals surface area contributed by atoms with Gasteiger partial charge in [0.1, 0.15) is 17.9 Å². The molecule has 1 unspecified atom stereocenters. The number of carbonyl (C=O) groups is 2. The van der Waals surface area contributed by atoms with Gasteiger partial charge in [0.2, 0.25) is 0 Å². The van der Waals surface area contributed by atoms with Crippen LogP contribution in [0.15, 0.2) is 48.5 Å². The number of aryl methyl sites for hydroxylation is 1. The van der Waals surface area contributed by atoms with Crippen molar-refractivity contribution in [1.29, 1.82) is 0 Å². The van der Waals surface area contributed by atoms with Crippen LogP contribution < -0.4 is 4.74 Å². The van der Waals surface area contributed by atoms with E-state index in [0.717, 1.165) is 36.3 Å². The number of piperazine rings is 1.